The van der Waals surface area contributed by atoms with Gasteiger partial charge in [0, 0.05) is 6.92 Å². The number of aromatic nitrogens is 3. The summed E-state index contributed by atoms with van der Waals surface area (Å²) < 4.78 is 7.00. The van der Waals surface area contributed by atoms with Crippen LogP contribution < -0.4 is 17.1 Å². The molecule has 0 aliphatic carbocycles. The Balaban J connectivity index is 0.000000754. The van der Waals surface area contributed by atoms with Crippen LogP contribution in [0.15, 0.2) is 65.2 Å². The van der Waals surface area contributed by atoms with E-state index in [2.05, 4.69) is 31.1 Å². The Kier molecular flexibility index (Phi) is 9.16. The van der Waals surface area contributed by atoms with Crippen LogP contribution in [-0.4, -0.2) is 19.7 Å². The van der Waals surface area contributed by atoms with Gasteiger partial charge in [-0.15, -0.1) is 19.7 Å². The molecule has 0 aliphatic heterocycles. The van der Waals surface area contributed by atoms with Gasteiger partial charge in [0.1, 0.15) is 0 Å². The fraction of sp³-hybridized carbons (Fsp3) is 0.250. The van der Waals surface area contributed by atoms with Crippen LogP contribution in [0, 0.1) is 0 Å². The maximum atomic E-state index is 11.9. The molecule has 0 N–H and O–H groups in total. The van der Waals surface area contributed by atoms with Crippen molar-refractivity contribution in [2.45, 2.75) is 26.6 Å². The second-order valence-electron chi connectivity index (χ2n) is 4.32. The van der Waals surface area contributed by atoms with E-state index in [4.69, 9.17) is 0 Å². The van der Waals surface area contributed by atoms with Crippen molar-refractivity contribution in [1.82, 2.24) is 13.7 Å². The molecular formula is C16H21N3O5. The Morgan fingerprint density at radius 3 is 1.25 bits per heavy atom. The lowest BCUT2D eigenvalue weighted by atomic mass is 10.5. The van der Waals surface area contributed by atoms with E-state index in [1.54, 1.807) is 0 Å². The van der Waals surface area contributed by atoms with E-state index in [0.29, 0.717) is 0 Å². The number of hydrogen-bond donors (Lipinski definition) is 0. The van der Waals surface area contributed by atoms with Crippen molar-refractivity contribution in [3.8, 4) is 0 Å². The van der Waals surface area contributed by atoms with E-state index in [-0.39, 0.29) is 25.6 Å². The number of esters is 1. The summed E-state index contributed by atoms with van der Waals surface area (Å²) in [5.74, 6) is -0.329. The molecule has 0 aromatic carbocycles. The maximum absolute atomic E-state index is 11.9. The Labute approximate surface area is 138 Å². The SMILES string of the molecule is C=CCn1c(=O)n(CC=C)c(=O)n(CC=C)c1=O.C=COC(C)=O. The Bertz CT molecular complexity index is 675. The molecule has 24 heavy (non-hydrogen) atoms. The van der Waals surface area contributed by atoms with Crippen LogP contribution >= 0.6 is 0 Å². The van der Waals surface area contributed by atoms with Crippen LogP contribution in [0.2, 0.25) is 0 Å². The normalized spacial score (nSPS) is 9.21. The summed E-state index contributed by atoms with van der Waals surface area (Å²) in [5.41, 5.74) is -1.99. The third-order valence-electron chi connectivity index (χ3n) is 2.57. The Morgan fingerprint density at radius 1 is 0.833 bits per heavy atom. The second kappa shape index (κ2) is 10.5. The predicted octanol–water partition coefficient (Wildman–Crippen LogP) is 0.423. The molecule has 1 aromatic rings. The fourth-order valence-electron chi connectivity index (χ4n) is 1.66. The minimum atomic E-state index is -0.662. The van der Waals surface area contributed by atoms with Gasteiger partial charge in [-0.1, -0.05) is 24.8 Å². The summed E-state index contributed by atoms with van der Waals surface area (Å²) in [7, 11) is 0. The zero-order chi connectivity index (χ0) is 18.7. The van der Waals surface area contributed by atoms with Gasteiger partial charge >= 0.3 is 23.0 Å². The largest absolute Gasteiger partial charge is 0.435 e. The molecule has 0 saturated heterocycles. The minimum absolute atomic E-state index is 0.0478. The van der Waals surface area contributed by atoms with E-state index in [1.165, 1.54) is 25.2 Å². The first-order chi connectivity index (χ1) is 11.3. The van der Waals surface area contributed by atoms with Gasteiger partial charge in [0.25, 0.3) is 0 Å². The molecule has 8 nitrogen and oxygen atoms in total. The van der Waals surface area contributed by atoms with Crippen LogP contribution in [0.3, 0.4) is 0 Å². The number of allylic oxidation sites excluding steroid dienone is 3. The van der Waals surface area contributed by atoms with E-state index in [0.717, 1.165) is 20.0 Å². The zero-order valence-corrected chi connectivity index (χ0v) is 13.6. The smallest absolute Gasteiger partial charge is 0.336 e. The molecule has 0 saturated carbocycles. The predicted molar refractivity (Wildman–Crippen MR) is 91.8 cm³/mol. The molecule has 8 heteroatoms. The van der Waals surface area contributed by atoms with Crippen molar-refractivity contribution in [2.75, 3.05) is 0 Å². The highest BCUT2D eigenvalue weighted by Gasteiger charge is 2.12. The minimum Gasteiger partial charge on any atom is -0.435 e. The summed E-state index contributed by atoms with van der Waals surface area (Å²) in [6.07, 6.45) is 5.36. The van der Waals surface area contributed by atoms with Crippen LogP contribution in [0.5, 0.6) is 0 Å². The van der Waals surface area contributed by atoms with Gasteiger partial charge in [0.2, 0.25) is 0 Å². The number of rotatable bonds is 7. The first kappa shape index (κ1) is 20.8. The Hall–Kier alpha value is -3.16. The molecular weight excluding hydrogens is 314 g/mol. The average molecular weight is 335 g/mol. The number of ether oxygens (including phenoxy) is 1. The van der Waals surface area contributed by atoms with Crippen molar-refractivity contribution in [1.29, 1.82) is 0 Å². The average Bonchev–Trinajstić information content (AvgIpc) is 2.53. The summed E-state index contributed by atoms with van der Waals surface area (Å²) in [4.78, 5) is 45.6. The van der Waals surface area contributed by atoms with E-state index < -0.39 is 17.1 Å². The third kappa shape index (κ3) is 5.56. The molecule has 1 heterocycles. The van der Waals surface area contributed by atoms with Crippen LogP contribution in [0.4, 0.5) is 0 Å². The topological polar surface area (TPSA) is 92.3 Å². The standard InChI is InChI=1S/C12H15N3O3.C4H6O2/c1-4-7-13-10(16)14(8-5-2)12(18)15(9-6-3)11(13)17;1-3-6-4(2)5/h4-6H,1-3,7-9H2;3H,1H2,2H3. The molecule has 0 unspecified atom stereocenters. The molecule has 0 aliphatic rings. The molecule has 0 bridgehead atoms. The lowest BCUT2D eigenvalue weighted by Gasteiger charge is -2.10. The van der Waals surface area contributed by atoms with E-state index in [9.17, 15) is 19.2 Å². The van der Waals surface area contributed by atoms with Gasteiger partial charge < -0.3 is 4.74 Å². The van der Waals surface area contributed by atoms with Crippen molar-refractivity contribution in [2.24, 2.45) is 0 Å². The Morgan fingerprint density at radius 2 is 1.12 bits per heavy atom. The summed E-state index contributed by atoms with van der Waals surface area (Å²) in [6, 6.07) is 0. The highest BCUT2D eigenvalue weighted by atomic mass is 16.5. The lowest BCUT2D eigenvalue weighted by molar-refractivity contribution is -0.135. The molecule has 0 atom stereocenters. The summed E-state index contributed by atoms with van der Waals surface area (Å²) in [5, 5.41) is 0. The van der Waals surface area contributed by atoms with Crippen molar-refractivity contribution < 1.29 is 9.53 Å². The number of hydrogen-bond acceptors (Lipinski definition) is 5. The summed E-state index contributed by atoms with van der Waals surface area (Å²) in [6.45, 7) is 15.1. The van der Waals surface area contributed by atoms with Crippen LogP contribution in [-0.2, 0) is 29.2 Å². The van der Waals surface area contributed by atoms with Crippen molar-refractivity contribution in [3.63, 3.8) is 0 Å². The van der Waals surface area contributed by atoms with Crippen molar-refractivity contribution >= 4 is 5.97 Å². The quantitative estimate of drug-likeness (QED) is 0.409. The third-order valence-corrected chi connectivity index (χ3v) is 2.57. The van der Waals surface area contributed by atoms with Crippen LogP contribution in [0.1, 0.15) is 6.92 Å². The highest BCUT2D eigenvalue weighted by Crippen LogP contribution is 1.79. The first-order valence-electron chi connectivity index (χ1n) is 6.90. The highest BCUT2D eigenvalue weighted by molar-refractivity contribution is 5.66. The van der Waals surface area contributed by atoms with E-state index >= 15 is 0 Å². The zero-order valence-electron chi connectivity index (χ0n) is 13.6. The first-order valence-corrected chi connectivity index (χ1v) is 6.90. The molecule has 0 fully saturated rings. The van der Waals surface area contributed by atoms with E-state index in [1.807, 2.05) is 0 Å². The van der Waals surface area contributed by atoms with Gasteiger partial charge in [-0.25, -0.2) is 28.1 Å². The molecule has 0 spiro atoms. The van der Waals surface area contributed by atoms with Crippen LogP contribution in [0.25, 0.3) is 0 Å². The number of carbonyl (C=O) groups excluding carboxylic acids is 1. The molecule has 0 radical (unpaired) electrons. The fourth-order valence-corrected chi connectivity index (χ4v) is 1.66. The maximum Gasteiger partial charge on any atom is 0.336 e. The number of nitrogens with zero attached hydrogens (tertiary/aromatic N) is 3. The monoisotopic (exact) mass is 335 g/mol. The van der Waals surface area contributed by atoms with Gasteiger partial charge in [-0.3, -0.25) is 4.79 Å². The van der Waals surface area contributed by atoms with Gasteiger partial charge in [0.05, 0.1) is 25.9 Å². The van der Waals surface area contributed by atoms with Gasteiger partial charge in [0.15, 0.2) is 0 Å². The number of carbonyl (C=O) groups is 1. The second-order valence-corrected chi connectivity index (χ2v) is 4.32. The van der Waals surface area contributed by atoms with Gasteiger partial charge in [-0.05, 0) is 0 Å². The molecule has 130 valence electrons. The lowest BCUT2D eigenvalue weighted by Crippen LogP contribution is -2.54. The van der Waals surface area contributed by atoms with Crippen molar-refractivity contribution in [3.05, 3.63) is 82.3 Å². The summed E-state index contributed by atoms with van der Waals surface area (Å²) >= 11 is 0. The molecule has 1 aromatic heterocycles. The molecule has 1 rings (SSSR count). The molecule has 0 amide bonds. The van der Waals surface area contributed by atoms with Gasteiger partial charge in [-0.2, -0.15) is 0 Å².